The van der Waals surface area contributed by atoms with Crippen LogP contribution in [-0.4, -0.2) is 12.1 Å². The lowest BCUT2D eigenvalue weighted by Crippen LogP contribution is -2.39. The van der Waals surface area contributed by atoms with Gasteiger partial charge in [-0.1, -0.05) is 41.5 Å². The maximum absolute atomic E-state index is 3.93. The Labute approximate surface area is 109 Å². The van der Waals surface area contributed by atoms with Crippen LogP contribution in [-0.2, 0) is 0 Å². The van der Waals surface area contributed by atoms with E-state index in [1.165, 1.54) is 32.1 Å². The van der Waals surface area contributed by atoms with Crippen LogP contribution in [0.4, 0.5) is 0 Å². The second kappa shape index (κ2) is 6.22. The zero-order valence-electron chi connectivity index (χ0n) is 12.8. The second-order valence-corrected chi connectivity index (χ2v) is 7.73. The molecule has 1 aliphatic carbocycles. The summed E-state index contributed by atoms with van der Waals surface area (Å²) in [7, 11) is 0. The summed E-state index contributed by atoms with van der Waals surface area (Å²) >= 11 is 0. The predicted molar refractivity (Wildman–Crippen MR) is 77.3 cm³/mol. The van der Waals surface area contributed by atoms with Crippen LogP contribution in [0.2, 0.25) is 0 Å². The molecule has 1 heteroatoms. The van der Waals surface area contributed by atoms with Crippen LogP contribution in [0.15, 0.2) is 0 Å². The minimum Gasteiger partial charge on any atom is -0.311 e. The molecule has 0 aromatic heterocycles. The van der Waals surface area contributed by atoms with Crippen LogP contribution < -0.4 is 5.32 Å². The standard InChI is InChI=1S/C16H33N/c1-12(2)9-15(10-13(3)4)17-14-7-8-16(5,6)11-14/h12-15,17H,7-11H2,1-6H3. The Kier molecular flexibility index (Phi) is 5.50. The van der Waals surface area contributed by atoms with Gasteiger partial charge in [-0.25, -0.2) is 0 Å². The van der Waals surface area contributed by atoms with Crippen LogP contribution >= 0.6 is 0 Å². The minimum atomic E-state index is 0.567. The van der Waals surface area contributed by atoms with Crippen molar-refractivity contribution < 1.29 is 0 Å². The predicted octanol–water partition coefficient (Wildman–Crippen LogP) is 4.62. The quantitative estimate of drug-likeness (QED) is 0.713. The zero-order valence-corrected chi connectivity index (χ0v) is 12.8. The first kappa shape index (κ1) is 15.0. The molecule has 1 saturated carbocycles. The second-order valence-electron chi connectivity index (χ2n) is 7.73. The first-order valence-electron chi connectivity index (χ1n) is 7.54. The van der Waals surface area contributed by atoms with E-state index in [-0.39, 0.29) is 0 Å². The van der Waals surface area contributed by atoms with E-state index in [1.54, 1.807) is 0 Å². The monoisotopic (exact) mass is 239 g/mol. The molecular weight excluding hydrogens is 206 g/mol. The molecule has 0 bridgehead atoms. The molecule has 0 heterocycles. The Hall–Kier alpha value is -0.0400. The van der Waals surface area contributed by atoms with E-state index < -0.39 is 0 Å². The van der Waals surface area contributed by atoms with Crippen molar-refractivity contribution in [1.29, 1.82) is 0 Å². The molecule has 0 amide bonds. The smallest absolute Gasteiger partial charge is 0.00749 e. The van der Waals surface area contributed by atoms with E-state index in [2.05, 4.69) is 46.9 Å². The largest absolute Gasteiger partial charge is 0.311 e. The molecule has 1 rings (SSSR count). The lowest BCUT2D eigenvalue weighted by molar-refractivity contribution is 0.308. The molecule has 0 spiro atoms. The van der Waals surface area contributed by atoms with Crippen molar-refractivity contribution >= 4 is 0 Å². The van der Waals surface area contributed by atoms with Crippen molar-refractivity contribution in [2.75, 3.05) is 0 Å². The Morgan fingerprint density at radius 1 is 1.06 bits per heavy atom. The molecule has 17 heavy (non-hydrogen) atoms. The molecular formula is C16H33N. The average Bonchev–Trinajstić information content (AvgIpc) is 2.42. The van der Waals surface area contributed by atoms with Gasteiger partial charge in [-0.2, -0.15) is 0 Å². The molecule has 0 aliphatic heterocycles. The molecule has 1 unspecified atom stereocenters. The third kappa shape index (κ3) is 5.90. The van der Waals surface area contributed by atoms with E-state index in [0.717, 1.165) is 23.9 Å². The van der Waals surface area contributed by atoms with Crippen LogP contribution in [0, 0.1) is 17.3 Å². The molecule has 1 atom stereocenters. The van der Waals surface area contributed by atoms with E-state index in [0.29, 0.717) is 5.41 Å². The van der Waals surface area contributed by atoms with Crippen molar-refractivity contribution in [2.24, 2.45) is 17.3 Å². The van der Waals surface area contributed by atoms with Gasteiger partial charge in [0.2, 0.25) is 0 Å². The highest BCUT2D eigenvalue weighted by Gasteiger charge is 2.31. The first-order chi connectivity index (χ1) is 7.78. The third-order valence-corrected chi connectivity index (χ3v) is 3.95. The molecule has 1 nitrogen and oxygen atoms in total. The summed E-state index contributed by atoms with van der Waals surface area (Å²) in [4.78, 5) is 0. The molecule has 1 N–H and O–H groups in total. The van der Waals surface area contributed by atoms with Crippen LogP contribution in [0.5, 0.6) is 0 Å². The molecule has 0 radical (unpaired) electrons. The molecule has 0 aromatic rings. The summed E-state index contributed by atoms with van der Waals surface area (Å²) in [5.74, 6) is 1.61. The van der Waals surface area contributed by atoms with Crippen LogP contribution in [0.25, 0.3) is 0 Å². The maximum atomic E-state index is 3.93. The van der Waals surface area contributed by atoms with Gasteiger partial charge in [0, 0.05) is 12.1 Å². The lowest BCUT2D eigenvalue weighted by atomic mass is 9.91. The van der Waals surface area contributed by atoms with Gasteiger partial charge in [-0.3, -0.25) is 0 Å². The van der Waals surface area contributed by atoms with E-state index in [1.807, 2.05) is 0 Å². The maximum Gasteiger partial charge on any atom is 0.00749 e. The number of nitrogens with one attached hydrogen (secondary N) is 1. The fraction of sp³-hybridized carbons (Fsp3) is 1.00. The molecule has 102 valence electrons. The van der Waals surface area contributed by atoms with E-state index in [4.69, 9.17) is 0 Å². The minimum absolute atomic E-state index is 0.567. The zero-order chi connectivity index (χ0) is 13.1. The molecule has 1 fully saturated rings. The third-order valence-electron chi connectivity index (χ3n) is 3.95. The van der Waals surface area contributed by atoms with Crippen molar-refractivity contribution in [3.63, 3.8) is 0 Å². The van der Waals surface area contributed by atoms with Crippen LogP contribution in [0.1, 0.15) is 73.6 Å². The topological polar surface area (TPSA) is 12.0 Å². The fourth-order valence-electron chi connectivity index (χ4n) is 3.28. The van der Waals surface area contributed by atoms with E-state index >= 15 is 0 Å². The number of hydrogen-bond donors (Lipinski definition) is 1. The summed E-state index contributed by atoms with van der Waals surface area (Å²) in [6.07, 6.45) is 6.78. The SMILES string of the molecule is CC(C)CC(CC(C)C)NC1CCC(C)(C)C1. The number of hydrogen-bond acceptors (Lipinski definition) is 1. The van der Waals surface area contributed by atoms with Crippen molar-refractivity contribution in [1.82, 2.24) is 5.32 Å². The van der Waals surface area contributed by atoms with Gasteiger partial charge in [0.1, 0.15) is 0 Å². The van der Waals surface area contributed by atoms with Gasteiger partial charge in [0.15, 0.2) is 0 Å². The highest BCUT2D eigenvalue weighted by atomic mass is 15.0. The summed E-state index contributed by atoms with van der Waals surface area (Å²) in [6.45, 7) is 14.2. The molecule has 1 aliphatic rings. The fourth-order valence-corrected chi connectivity index (χ4v) is 3.28. The Balaban J connectivity index is 2.43. The van der Waals surface area contributed by atoms with Gasteiger partial charge in [-0.05, 0) is 49.4 Å². The average molecular weight is 239 g/mol. The molecule has 0 aromatic carbocycles. The highest BCUT2D eigenvalue weighted by molar-refractivity contribution is 4.88. The Morgan fingerprint density at radius 2 is 1.59 bits per heavy atom. The Morgan fingerprint density at radius 3 is 1.94 bits per heavy atom. The summed E-state index contributed by atoms with van der Waals surface area (Å²) < 4.78 is 0. The summed E-state index contributed by atoms with van der Waals surface area (Å²) in [6, 6.07) is 1.50. The van der Waals surface area contributed by atoms with Gasteiger partial charge in [-0.15, -0.1) is 0 Å². The summed E-state index contributed by atoms with van der Waals surface area (Å²) in [5, 5.41) is 3.93. The summed E-state index contributed by atoms with van der Waals surface area (Å²) in [5.41, 5.74) is 0.567. The van der Waals surface area contributed by atoms with Gasteiger partial charge < -0.3 is 5.32 Å². The first-order valence-corrected chi connectivity index (χ1v) is 7.54. The Bertz CT molecular complexity index is 208. The molecule has 0 saturated heterocycles. The van der Waals surface area contributed by atoms with Crippen molar-refractivity contribution in [2.45, 2.75) is 85.7 Å². The van der Waals surface area contributed by atoms with Crippen LogP contribution in [0.3, 0.4) is 0 Å². The highest BCUT2D eigenvalue weighted by Crippen LogP contribution is 2.37. The lowest BCUT2D eigenvalue weighted by Gasteiger charge is -2.27. The number of rotatable bonds is 6. The van der Waals surface area contributed by atoms with Crippen molar-refractivity contribution in [3.8, 4) is 0 Å². The van der Waals surface area contributed by atoms with E-state index in [9.17, 15) is 0 Å². The van der Waals surface area contributed by atoms with Crippen molar-refractivity contribution in [3.05, 3.63) is 0 Å². The van der Waals surface area contributed by atoms with Gasteiger partial charge in [0.25, 0.3) is 0 Å². The normalized spacial score (nSPS) is 24.2. The van der Waals surface area contributed by atoms with Gasteiger partial charge in [0.05, 0.1) is 0 Å². The van der Waals surface area contributed by atoms with Gasteiger partial charge >= 0.3 is 0 Å².